The lowest BCUT2D eigenvalue weighted by molar-refractivity contribution is -0.135. The van der Waals surface area contributed by atoms with Gasteiger partial charge in [-0.1, -0.05) is 17.7 Å². The summed E-state index contributed by atoms with van der Waals surface area (Å²) in [5, 5.41) is 0. The fraction of sp³-hybridized carbons (Fsp3) is 0.500. The normalized spacial score (nSPS) is 15.8. The highest BCUT2D eigenvalue weighted by Crippen LogP contribution is 2.10. The van der Waals surface area contributed by atoms with E-state index >= 15 is 0 Å². The molecule has 2 amide bonds. The molecule has 1 atom stereocenters. The third kappa shape index (κ3) is 4.92. The number of carbonyl (C=O) groups excluding carboxylic acids is 2. The van der Waals surface area contributed by atoms with E-state index in [1.54, 1.807) is 9.80 Å². The number of piperazine rings is 1. The third-order valence-corrected chi connectivity index (χ3v) is 3.84. The van der Waals surface area contributed by atoms with E-state index in [0.29, 0.717) is 31.7 Å². The summed E-state index contributed by atoms with van der Waals surface area (Å²) >= 11 is 0. The van der Waals surface area contributed by atoms with E-state index in [2.05, 4.69) is 0 Å². The van der Waals surface area contributed by atoms with Gasteiger partial charge < -0.3 is 20.3 Å². The smallest absolute Gasteiger partial charge is 0.253 e. The highest BCUT2D eigenvalue weighted by molar-refractivity contribution is 5.94. The van der Waals surface area contributed by atoms with Gasteiger partial charge in [0.25, 0.3) is 5.91 Å². The second kappa shape index (κ2) is 8.86. The molecule has 1 saturated heterocycles. The molecule has 1 aliphatic rings. The third-order valence-electron chi connectivity index (χ3n) is 3.84. The fourth-order valence-electron chi connectivity index (χ4n) is 2.49. The molecule has 1 aliphatic heterocycles. The van der Waals surface area contributed by atoms with E-state index in [9.17, 15) is 9.59 Å². The average molecular weight is 342 g/mol. The summed E-state index contributed by atoms with van der Waals surface area (Å²) in [6, 6.07) is 6.89. The molecule has 0 radical (unpaired) electrons. The van der Waals surface area contributed by atoms with Crippen LogP contribution in [0.3, 0.4) is 0 Å². The molecule has 0 aliphatic carbocycles. The Morgan fingerprint density at radius 1 is 1.13 bits per heavy atom. The summed E-state index contributed by atoms with van der Waals surface area (Å²) in [5.41, 5.74) is 7.57. The molecule has 23 heavy (non-hydrogen) atoms. The minimum atomic E-state index is -0.635. The van der Waals surface area contributed by atoms with Gasteiger partial charge in [0.15, 0.2) is 0 Å². The number of halogens is 1. The minimum absolute atomic E-state index is 0. The van der Waals surface area contributed by atoms with Crippen molar-refractivity contribution in [3.63, 3.8) is 0 Å². The van der Waals surface area contributed by atoms with Gasteiger partial charge in [-0.05, 0) is 19.1 Å². The van der Waals surface area contributed by atoms with Crippen molar-refractivity contribution in [3.8, 4) is 0 Å². The standard InChI is InChI=1S/C16H23N3O3.ClH/c1-12-3-5-13(6-4-12)15(20)18-7-9-19(10-8-18)16(21)14(17)11-22-2;/h3-6,14H,7-11,17H2,1-2H3;1H. The first kappa shape index (κ1) is 19.4. The number of carbonyl (C=O) groups is 2. The van der Waals surface area contributed by atoms with Crippen molar-refractivity contribution >= 4 is 24.2 Å². The Bertz CT molecular complexity index is 528. The van der Waals surface area contributed by atoms with Crippen LogP contribution in [0.2, 0.25) is 0 Å². The molecule has 0 aromatic heterocycles. The van der Waals surface area contributed by atoms with Crippen LogP contribution in [0.1, 0.15) is 15.9 Å². The molecule has 1 aromatic rings. The molecular formula is C16H24ClN3O3. The number of hydrogen-bond acceptors (Lipinski definition) is 4. The summed E-state index contributed by atoms with van der Waals surface area (Å²) in [4.78, 5) is 28.0. The van der Waals surface area contributed by atoms with Crippen molar-refractivity contribution in [2.24, 2.45) is 5.73 Å². The molecule has 0 bridgehead atoms. The fourth-order valence-corrected chi connectivity index (χ4v) is 2.49. The number of methoxy groups -OCH3 is 1. The maximum atomic E-state index is 12.4. The summed E-state index contributed by atoms with van der Waals surface area (Å²) in [7, 11) is 1.52. The molecule has 1 aromatic carbocycles. The lowest BCUT2D eigenvalue weighted by Gasteiger charge is -2.35. The first-order chi connectivity index (χ1) is 10.5. The summed E-state index contributed by atoms with van der Waals surface area (Å²) < 4.78 is 4.91. The first-order valence-corrected chi connectivity index (χ1v) is 7.42. The predicted octanol–water partition coefficient (Wildman–Crippen LogP) is 0.675. The summed E-state index contributed by atoms with van der Waals surface area (Å²) in [6.45, 7) is 4.27. The van der Waals surface area contributed by atoms with Gasteiger partial charge in [-0.3, -0.25) is 9.59 Å². The second-order valence-corrected chi connectivity index (χ2v) is 5.55. The Hall–Kier alpha value is -1.63. The van der Waals surface area contributed by atoms with E-state index in [1.807, 2.05) is 31.2 Å². The molecule has 2 rings (SSSR count). The number of benzene rings is 1. The Kier molecular flexibility index (Phi) is 7.48. The van der Waals surface area contributed by atoms with Crippen molar-refractivity contribution in [1.82, 2.24) is 9.80 Å². The maximum Gasteiger partial charge on any atom is 0.253 e. The number of hydrogen-bond donors (Lipinski definition) is 1. The van der Waals surface area contributed by atoms with Crippen molar-refractivity contribution in [1.29, 1.82) is 0 Å². The van der Waals surface area contributed by atoms with Crippen LogP contribution in [-0.2, 0) is 9.53 Å². The second-order valence-electron chi connectivity index (χ2n) is 5.55. The molecule has 7 heteroatoms. The van der Waals surface area contributed by atoms with Gasteiger partial charge in [-0.2, -0.15) is 0 Å². The van der Waals surface area contributed by atoms with Crippen LogP contribution in [0, 0.1) is 6.92 Å². The lowest BCUT2D eigenvalue weighted by Crippen LogP contribution is -2.55. The molecule has 1 unspecified atom stereocenters. The quantitative estimate of drug-likeness (QED) is 0.873. The zero-order valence-corrected chi connectivity index (χ0v) is 14.3. The van der Waals surface area contributed by atoms with Crippen molar-refractivity contribution in [2.75, 3.05) is 39.9 Å². The average Bonchev–Trinajstić information content (AvgIpc) is 2.54. The van der Waals surface area contributed by atoms with Crippen LogP contribution in [0.25, 0.3) is 0 Å². The van der Waals surface area contributed by atoms with Crippen LogP contribution >= 0.6 is 12.4 Å². The van der Waals surface area contributed by atoms with Gasteiger partial charge in [-0.15, -0.1) is 12.4 Å². The lowest BCUT2D eigenvalue weighted by atomic mass is 10.1. The zero-order valence-electron chi connectivity index (χ0n) is 13.5. The van der Waals surface area contributed by atoms with Gasteiger partial charge in [0, 0.05) is 38.9 Å². The largest absolute Gasteiger partial charge is 0.383 e. The molecule has 1 fully saturated rings. The predicted molar refractivity (Wildman–Crippen MR) is 90.8 cm³/mol. The topological polar surface area (TPSA) is 75.9 Å². The van der Waals surface area contributed by atoms with Crippen LogP contribution in [0.15, 0.2) is 24.3 Å². The van der Waals surface area contributed by atoms with Crippen molar-refractivity contribution in [2.45, 2.75) is 13.0 Å². The zero-order chi connectivity index (χ0) is 16.1. The summed E-state index contributed by atoms with van der Waals surface area (Å²) in [5.74, 6) is -0.113. The number of aryl methyl sites for hydroxylation is 1. The summed E-state index contributed by atoms with van der Waals surface area (Å²) in [6.07, 6.45) is 0. The van der Waals surface area contributed by atoms with Crippen LogP contribution < -0.4 is 5.73 Å². The molecule has 2 N–H and O–H groups in total. The highest BCUT2D eigenvalue weighted by Gasteiger charge is 2.27. The van der Waals surface area contributed by atoms with E-state index in [1.165, 1.54) is 7.11 Å². The Morgan fingerprint density at radius 2 is 1.65 bits per heavy atom. The van der Waals surface area contributed by atoms with Gasteiger partial charge in [0.05, 0.1) is 6.61 Å². The Morgan fingerprint density at radius 3 is 2.17 bits per heavy atom. The van der Waals surface area contributed by atoms with Crippen LogP contribution in [0.4, 0.5) is 0 Å². The number of ether oxygens (including phenoxy) is 1. The first-order valence-electron chi connectivity index (χ1n) is 7.42. The molecular weight excluding hydrogens is 318 g/mol. The van der Waals surface area contributed by atoms with E-state index in [0.717, 1.165) is 5.56 Å². The van der Waals surface area contributed by atoms with E-state index in [4.69, 9.17) is 10.5 Å². The molecule has 0 spiro atoms. The number of amides is 2. The molecule has 1 heterocycles. The van der Waals surface area contributed by atoms with Crippen molar-refractivity contribution in [3.05, 3.63) is 35.4 Å². The van der Waals surface area contributed by atoms with Gasteiger partial charge in [-0.25, -0.2) is 0 Å². The minimum Gasteiger partial charge on any atom is -0.383 e. The Labute approximate surface area is 143 Å². The maximum absolute atomic E-state index is 12.4. The van der Waals surface area contributed by atoms with E-state index < -0.39 is 6.04 Å². The molecule has 6 nitrogen and oxygen atoms in total. The molecule has 128 valence electrons. The SMILES string of the molecule is COCC(N)C(=O)N1CCN(C(=O)c2ccc(C)cc2)CC1.Cl. The van der Waals surface area contributed by atoms with Gasteiger partial charge in [0.1, 0.15) is 6.04 Å². The highest BCUT2D eigenvalue weighted by atomic mass is 35.5. The number of rotatable bonds is 4. The van der Waals surface area contributed by atoms with Crippen molar-refractivity contribution < 1.29 is 14.3 Å². The molecule has 0 saturated carbocycles. The van der Waals surface area contributed by atoms with E-state index in [-0.39, 0.29) is 30.8 Å². The van der Waals surface area contributed by atoms with Gasteiger partial charge >= 0.3 is 0 Å². The van der Waals surface area contributed by atoms with Crippen LogP contribution in [-0.4, -0.2) is 67.6 Å². The van der Waals surface area contributed by atoms with Gasteiger partial charge in [0.2, 0.25) is 5.91 Å². The Balaban J connectivity index is 0.00000264. The number of nitrogens with zero attached hydrogens (tertiary/aromatic N) is 2. The number of nitrogens with two attached hydrogens (primary N) is 1. The monoisotopic (exact) mass is 341 g/mol. The van der Waals surface area contributed by atoms with Crippen LogP contribution in [0.5, 0.6) is 0 Å².